The van der Waals surface area contributed by atoms with Gasteiger partial charge in [0, 0.05) is 23.6 Å². The molecule has 0 fully saturated rings. The van der Waals surface area contributed by atoms with Gasteiger partial charge in [0.05, 0.1) is 17.8 Å². The molecule has 5 aromatic rings. The Labute approximate surface area is 221 Å². The van der Waals surface area contributed by atoms with Crippen LogP contribution in [0.2, 0.25) is 0 Å². The van der Waals surface area contributed by atoms with E-state index in [1.807, 2.05) is 68.4 Å². The largest absolute Gasteiger partial charge is 0.369 e. The van der Waals surface area contributed by atoms with Gasteiger partial charge in [0.25, 0.3) is 0 Å². The number of rotatable bonds is 8. The molecule has 0 bridgehead atoms. The second-order valence-corrected chi connectivity index (χ2v) is 9.72. The van der Waals surface area contributed by atoms with E-state index in [1.165, 1.54) is 10.6 Å². The Hall–Kier alpha value is -4.10. The maximum absolute atomic E-state index is 15.6. The summed E-state index contributed by atoms with van der Waals surface area (Å²) in [5.41, 5.74) is 5.22. The minimum atomic E-state index is -0.554. The SMILES string of the molecule is CCn1c(COCc2ccccc2)nn(-c2cc3c(C(C)C)cc(-c4ccccc4C)nc3cc2F)c1=O. The standard InChI is InChI=1S/C31H31FN4O2/c1-5-35-30(19-38-18-22-12-7-6-8-13-22)34-36(31(35)37)29-16-25-24(20(2)3)15-27(33-28(25)17-26(29)32)23-14-10-9-11-21(23)4/h6-17,20H,5,18-19H2,1-4H3. The molecule has 0 saturated carbocycles. The van der Waals surface area contributed by atoms with Gasteiger partial charge in [-0.1, -0.05) is 68.4 Å². The van der Waals surface area contributed by atoms with E-state index >= 15 is 4.39 Å². The first kappa shape index (κ1) is 25.5. The van der Waals surface area contributed by atoms with Crippen molar-refractivity contribution in [2.45, 2.75) is 53.4 Å². The maximum atomic E-state index is 15.6. The highest BCUT2D eigenvalue weighted by Crippen LogP contribution is 2.32. The first-order valence-corrected chi connectivity index (χ1v) is 12.9. The molecule has 38 heavy (non-hydrogen) atoms. The molecular weight excluding hydrogens is 479 g/mol. The number of pyridine rings is 1. The van der Waals surface area contributed by atoms with Crippen molar-refractivity contribution in [1.29, 1.82) is 0 Å². The molecule has 3 aromatic carbocycles. The summed E-state index contributed by atoms with van der Waals surface area (Å²) in [6.45, 7) is 9.02. The van der Waals surface area contributed by atoms with Crippen molar-refractivity contribution in [1.82, 2.24) is 19.3 Å². The summed E-state index contributed by atoms with van der Waals surface area (Å²) in [5, 5.41) is 5.28. The molecule has 0 atom stereocenters. The average Bonchev–Trinajstić information content (AvgIpc) is 3.23. The molecule has 0 saturated heterocycles. The summed E-state index contributed by atoms with van der Waals surface area (Å²) in [7, 11) is 0. The highest BCUT2D eigenvalue weighted by molar-refractivity contribution is 5.88. The zero-order valence-corrected chi connectivity index (χ0v) is 22.1. The van der Waals surface area contributed by atoms with Gasteiger partial charge in [0.15, 0.2) is 11.6 Å². The predicted octanol–water partition coefficient (Wildman–Crippen LogP) is 6.56. The first-order valence-electron chi connectivity index (χ1n) is 12.9. The number of halogens is 1. The van der Waals surface area contributed by atoms with Crippen molar-refractivity contribution >= 4 is 10.9 Å². The normalized spacial score (nSPS) is 11.5. The number of benzene rings is 3. The molecular formula is C31H31FN4O2. The minimum absolute atomic E-state index is 0.103. The fourth-order valence-corrected chi connectivity index (χ4v) is 4.75. The Morgan fingerprint density at radius 2 is 1.71 bits per heavy atom. The zero-order valence-electron chi connectivity index (χ0n) is 22.1. The van der Waals surface area contributed by atoms with Crippen LogP contribution in [0.3, 0.4) is 0 Å². The third-order valence-electron chi connectivity index (χ3n) is 6.78. The fourth-order valence-electron chi connectivity index (χ4n) is 4.75. The van der Waals surface area contributed by atoms with E-state index in [4.69, 9.17) is 9.72 Å². The first-order chi connectivity index (χ1) is 18.4. The van der Waals surface area contributed by atoms with E-state index in [-0.39, 0.29) is 18.2 Å². The average molecular weight is 511 g/mol. The topological polar surface area (TPSA) is 61.9 Å². The molecule has 7 heteroatoms. The van der Waals surface area contributed by atoms with E-state index in [2.05, 4.69) is 25.0 Å². The second kappa shape index (κ2) is 10.7. The van der Waals surface area contributed by atoms with Gasteiger partial charge in [-0.05, 0) is 48.6 Å². The van der Waals surface area contributed by atoms with Crippen molar-refractivity contribution in [2.75, 3.05) is 0 Å². The van der Waals surface area contributed by atoms with E-state index in [0.29, 0.717) is 24.5 Å². The smallest absolute Gasteiger partial charge is 0.350 e. The van der Waals surface area contributed by atoms with Crippen molar-refractivity contribution in [3.05, 3.63) is 112 Å². The lowest BCUT2D eigenvalue weighted by molar-refractivity contribution is 0.0989. The number of hydrogen-bond donors (Lipinski definition) is 0. The molecule has 5 rings (SSSR count). The lowest BCUT2D eigenvalue weighted by Crippen LogP contribution is -2.24. The quantitative estimate of drug-likeness (QED) is 0.237. The number of hydrogen-bond acceptors (Lipinski definition) is 4. The van der Waals surface area contributed by atoms with Crippen LogP contribution in [0.5, 0.6) is 0 Å². The number of aromatic nitrogens is 4. The zero-order chi connectivity index (χ0) is 26.8. The molecule has 0 aliphatic heterocycles. The Balaban J connectivity index is 1.56. The van der Waals surface area contributed by atoms with Crippen LogP contribution in [0.1, 0.15) is 49.2 Å². The van der Waals surface area contributed by atoms with E-state index in [0.717, 1.165) is 38.0 Å². The summed E-state index contributed by atoms with van der Waals surface area (Å²) in [4.78, 5) is 18.1. The van der Waals surface area contributed by atoms with Crippen LogP contribution in [0.25, 0.3) is 27.8 Å². The third-order valence-corrected chi connectivity index (χ3v) is 6.78. The van der Waals surface area contributed by atoms with Gasteiger partial charge in [-0.3, -0.25) is 4.57 Å². The van der Waals surface area contributed by atoms with Crippen LogP contribution in [-0.2, 0) is 24.5 Å². The van der Waals surface area contributed by atoms with Gasteiger partial charge in [0.1, 0.15) is 12.3 Å². The van der Waals surface area contributed by atoms with Crippen molar-refractivity contribution in [3.8, 4) is 16.9 Å². The van der Waals surface area contributed by atoms with E-state index < -0.39 is 11.5 Å². The molecule has 0 aliphatic carbocycles. The summed E-state index contributed by atoms with van der Waals surface area (Å²) in [6.07, 6.45) is 0. The third kappa shape index (κ3) is 4.89. The molecule has 0 unspecified atom stereocenters. The van der Waals surface area contributed by atoms with E-state index in [1.54, 1.807) is 6.07 Å². The summed E-state index contributed by atoms with van der Waals surface area (Å²) >= 11 is 0. The molecule has 0 amide bonds. The second-order valence-electron chi connectivity index (χ2n) is 9.72. The highest BCUT2D eigenvalue weighted by atomic mass is 19.1. The van der Waals surface area contributed by atoms with Crippen LogP contribution in [-0.4, -0.2) is 19.3 Å². The molecule has 2 heterocycles. The van der Waals surface area contributed by atoms with E-state index in [9.17, 15) is 4.79 Å². The maximum Gasteiger partial charge on any atom is 0.350 e. The molecule has 194 valence electrons. The van der Waals surface area contributed by atoms with Gasteiger partial charge in [-0.2, -0.15) is 4.68 Å². The van der Waals surface area contributed by atoms with Gasteiger partial charge in [-0.25, -0.2) is 14.2 Å². The fraction of sp³-hybridized carbons (Fsp3) is 0.258. The van der Waals surface area contributed by atoms with Gasteiger partial charge in [0.2, 0.25) is 0 Å². The Kier molecular flexibility index (Phi) is 7.20. The lowest BCUT2D eigenvalue weighted by atomic mass is 9.95. The van der Waals surface area contributed by atoms with Gasteiger partial charge >= 0.3 is 5.69 Å². The molecule has 2 aromatic heterocycles. The monoisotopic (exact) mass is 510 g/mol. The Bertz CT molecular complexity index is 1650. The predicted molar refractivity (Wildman–Crippen MR) is 148 cm³/mol. The summed E-state index contributed by atoms with van der Waals surface area (Å²) in [6, 6.07) is 23.0. The number of fused-ring (bicyclic) bond motifs is 1. The summed E-state index contributed by atoms with van der Waals surface area (Å²) < 4.78 is 24.0. The van der Waals surface area contributed by atoms with Crippen LogP contribution < -0.4 is 5.69 Å². The lowest BCUT2D eigenvalue weighted by Gasteiger charge is -2.15. The van der Waals surface area contributed by atoms with Crippen molar-refractivity contribution < 1.29 is 9.13 Å². The number of aryl methyl sites for hydroxylation is 1. The van der Waals surface area contributed by atoms with Crippen LogP contribution in [0.15, 0.2) is 77.6 Å². The minimum Gasteiger partial charge on any atom is -0.369 e. The van der Waals surface area contributed by atoms with Crippen molar-refractivity contribution in [2.24, 2.45) is 0 Å². The number of ether oxygens (including phenoxy) is 1. The van der Waals surface area contributed by atoms with Crippen LogP contribution in [0.4, 0.5) is 4.39 Å². The molecule has 0 radical (unpaired) electrons. The summed E-state index contributed by atoms with van der Waals surface area (Å²) in [5.74, 6) is 0.0553. The molecule has 0 spiro atoms. The molecule has 0 aliphatic rings. The number of nitrogens with zero attached hydrogens (tertiary/aromatic N) is 4. The van der Waals surface area contributed by atoms with Crippen molar-refractivity contribution in [3.63, 3.8) is 0 Å². The van der Waals surface area contributed by atoms with Gasteiger partial charge < -0.3 is 4.74 Å². The Morgan fingerprint density at radius 3 is 2.42 bits per heavy atom. The highest BCUT2D eigenvalue weighted by Gasteiger charge is 2.20. The Morgan fingerprint density at radius 1 is 0.974 bits per heavy atom. The molecule has 6 nitrogen and oxygen atoms in total. The van der Waals surface area contributed by atoms with Crippen LogP contribution >= 0.6 is 0 Å². The van der Waals surface area contributed by atoms with Crippen LogP contribution in [0, 0.1) is 12.7 Å². The van der Waals surface area contributed by atoms with Gasteiger partial charge in [-0.15, -0.1) is 5.10 Å². The molecule has 0 N–H and O–H groups in total.